The van der Waals surface area contributed by atoms with Crippen LogP contribution < -0.4 is 0 Å². The third-order valence-corrected chi connectivity index (χ3v) is 4.66. The van der Waals surface area contributed by atoms with Gasteiger partial charge in [0.2, 0.25) is 0 Å². The first-order chi connectivity index (χ1) is 11.4. The van der Waals surface area contributed by atoms with Gasteiger partial charge in [0.05, 0.1) is 5.56 Å². The van der Waals surface area contributed by atoms with E-state index in [1.54, 1.807) is 0 Å². The molecule has 0 heterocycles. The molecule has 0 amide bonds. The smallest absolute Gasteiger partial charge is 0.301 e. The zero-order chi connectivity index (χ0) is 17.6. The summed E-state index contributed by atoms with van der Waals surface area (Å²) >= 11 is 1.42. The van der Waals surface area contributed by atoms with Gasteiger partial charge in [-0.05, 0) is 48.9 Å². The molecule has 0 aliphatic heterocycles. The average molecular weight is 355 g/mol. The van der Waals surface area contributed by atoms with Crippen molar-refractivity contribution in [3.05, 3.63) is 65.0 Å². The molecular formula is C18H17F4NS. The topological polar surface area (TPSA) is 12.4 Å². The third kappa shape index (κ3) is 5.09. The molecule has 0 bridgehead atoms. The summed E-state index contributed by atoms with van der Waals surface area (Å²) in [4.78, 5) is 4.82. The van der Waals surface area contributed by atoms with Gasteiger partial charge in [-0.2, -0.15) is 13.2 Å². The van der Waals surface area contributed by atoms with E-state index in [0.29, 0.717) is 12.6 Å². The Kier molecular flexibility index (Phi) is 6.43. The fourth-order valence-corrected chi connectivity index (χ4v) is 3.30. The molecule has 24 heavy (non-hydrogen) atoms. The van der Waals surface area contributed by atoms with E-state index < -0.39 is 17.6 Å². The van der Waals surface area contributed by atoms with E-state index in [4.69, 9.17) is 0 Å². The molecule has 2 rings (SSSR count). The van der Waals surface area contributed by atoms with Crippen LogP contribution in [0.3, 0.4) is 0 Å². The van der Waals surface area contributed by atoms with E-state index in [1.165, 1.54) is 17.8 Å². The molecule has 0 saturated carbocycles. The van der Waals surface area contributed by atoms with Crippen molar-refractivity contribution in [2.45, 2.75) is 29.7 Å². The van der Waals surface area contributed by atoms with Crippen LogP contribution in [-0.2, 0) is 18.3 Å². The predicted molar refractivity (Wildman–Crippen MR) is 90.1 cm³/mol. The highest BCUT2D eigenvalue weighted by Gasteiger charge is 2.31. The molecule has 2 aromatic carbocycles. The summed E-state index contributed by atoms with van der Waals surface area (Å²) < 4.78 is 51.6. The molecule has 0 unspecified atom stereocenters. The number of aliphatic imine (C=N–C) groups is 1. The third-order valence-electron chi connectivity index (χ3n) is 3.50. The highest BCUT2D eigenvalue weighted by molar-refractivity contribution is 7.98. The van der Waals surface area contributed by atoms with Gasteiger partial charge in [0.1, 0.15) is 5.82 Å². The molecule has 2 aromatic rings. The Bertz CT molecular complexity index is 698. The lowest BCUT2D eigenvalue weighted by Gasteiger charge is -2.11. The number of alkyl halides is 3. The van der Waals surface area contributed by atoms with Crippen LogP contribution in [0, 0.1) is 5.82 Å². The zero-order valence-electron chi connectivity index (χ0n) is 12.9. The number of nitrogens with zero attached hydrogens (tertiary/aromatic N) is 1. The van der Waals surface area contributed by atoms with Crippen LogP contribution in [-0.4, -0.2) is 13.3 Å². The molecule has 128 valence electrons. The minimum Gasteiger partial charge on any atom is -0.301 e. The van der Waals surface area contributed by atoms with E-state index in [0.717, 1.165) is 29.4 Å². The van der Waals surface area contributed by atoms with E-state index in [2.05, 4.69) is 11.7 Å². The Balaban J connectivity index is 2.07. The number of hydrogen-bond acceptors (Lipinski definition) is 2. The van der Waals surface area contributed by atoms with Gasteiger partial charge in [0.15, 0.2) is 0 Å². The minimum absolute atomic E-state index is 0.260. The van der Waals surface area contributed by atoms with Crippen molar-refractivity contribution >= 4 is 18.5 Å². The molecule has 0 aliphatic carbocycles. The molecule has 0 aromatic heterocycles. The van der Waals surface area contributed by atoms with E-state index in [-0.39, 0.29) is 11.3 Å². The summed E-state index contributed by atoms with van der Waals surface area (Å²) in [6.07, 6.45) is -2.83. The Labute approximate surface area is 142 Å². The van der Waals surface area contributed by atoms with Crippen LogP contribution >= 0.6 is 11.8 Å². The molecule has 0 atom stereocenters. The number of halogens is 4. The van der Waals surface area contributed by atoms with Crippen LogP contribution in [0.25, 0.3) is 0 Å². The Morgan fingerprint density at radius 1 is 1.04 bits per heavy atom. The molecule has 0 aliphatic rings. The second-order valence-electron chi connectivity index (χ2n) is 5.25. The Hall–Kier alpha value is -1.82. The molecule has 0 saturated heterocycles. The van der Waals surface area contributed by atoms with Crippen molar-refractivity contribution in [2.75, 3.05) is 6.54 Å². The molecular weight excluding hydrogens is 338 g/mol. The SMILES string of the molecule is C=NCCCc1ccccc1SCc1ccc(C(F)(F)F)cc1F. The van der Waals surface area contributed by atoms with Crippen LogP contribution in [0.15, 0.2) is 52.4 Å². The Morgan fingerprint density at radius 2 is 1.79 bits per heavy atom. The lowest BCUT2D eigenvalue weighted by atomic mass is 10.1. The number of rotatable bonds is 7. The van der Waals surface area contributed by atoms with Crippen molar-refractivity contribution in [2.24, 2.45) is 4.99 Å². The lowest BCUT2D eigenvalue weighted by molar-refractivity contribution is -0.137. The van der Waals surface area contributed by atoms with Gasteiger partial charge in [-0.15, -0.1) is 11.8 Å². The van der Waals surface area contributed by atoms with Gasteiger partial charge in [0.25, 0.3) is 0 Å². The molecule has 1 nitrogen and oxygen atoms in total. The fourth-order valence-electron chi connectivity index (χ4n) is 2.23. The van der Waals surface area contributed by atoms with Crippen LogP contribution in [0.4, 0.5) is 17.6 Å². The second-order valence-corrected chi connectivity index (χ2v) is 6.27. The monoisotopic (exact) mass is 355 g/mol. The summed E-state index contributed by atoms with van der Waals surface area (Å²) in [5.41, 5.74) is 0.417. The van der Waals surface area contributed by atoms with Gasteiger partial charge < -0.3 is 4.99 Å². The van der Waals surface area contributed by atoms with Gasteiger partial charge in [-0.25, -0.2) is 4.39 Å². The molecule has 6 heteroatoms. The fraction of sp³-hybridized carbons (Fsp3) is 0.278. The first-order valence-electron chi connectivity index (χ1n) is 7.40. The molecule has 0 fully saturated rings. The number of hydrogen-bond donors (Lipinski definition) is 0. The maximum Gasteiger partial charge on any atom is 0.416 e. The number of benzene rings is 2. The summed E-state index contributed by atoms with van der Waals surface area (Å²) in [7, 11) is 0. The summed E-state index contributed by atoms with van der Waals surface area (Å²) in [6.45, 7) is 4.12. The average Bonchev–Trinajstić information content (AvgIpc) is 2.54. The highest BCUT2D eigenvalue weighted by Crippen LogP contribution is 2.32. The van der Waals surface area contributed by atoms with Crippen molar-refractivity contribution in [1.82, 2.24) is 0 Å². The van der Waals surface area contributed by atoms with E-state index in [1.807, 2.05) is 24.3 Å². The summed E-state index contributed by atoms with van der Waals surface area (Å²) in [5, 5.41) is 0. The largest absolute Gasteiger partial charge is 0.416 e. The number of aryl methyl sites for hydroxylation is 1. The van der Waals surface area contributed by atoms with Crippen LogP contribution in [0.2, 0.25) is 0 Å². The standard InChI is InChI=1S/C18H17F4NS/c1-23-10-4-6-13-5-2-3-7-17(13)24-12-14-8-9-15(11-16(14)19)18(20,21)22/h2-3,5,7-9,11H,1,4,6,10,12H2. The summed E-state index contributed by atoms with van der Waals surface area (Å²) in [6, 6.07) is 10.4. The normalized spacial score (nSPS) is 11.5. The van der Waals surface area contributed by atoms with Crippen LogP contribution in [0.5, 0.6) is 0 Å². The quantitative estimate of drug-likeness (QED) is 0.266. The Morgan fingerprint density at radius 3 is 2.46 bits per heavy atom. The molecule has 0 spiro atoms. The first-order valence-corrected chi connectivity index (χ1v) is 8.39. The molecule has 0 radical (unpaired) electrons. The van der Waals surface area contributed by atoms with Gasteiger partial charge >= 0.3 is 6.18 Å². The summed E-state index contributed by atoms with van der Waals surface area (Å²) in [5.74, 6) is -0.550. The zero-order valence-corrected chi connectivity index (χ0v) is 13.8. The van der Waals surface area contributed by atoms with Gasteiger partial charge in [-0.3, -0.25) is 0 Å². The van der Waals surface area contributed by atoms with Crippen molar-refractivity contribution < 1.29 is 17.6 Å². The second kappa shape index (κ2) is 8.33. The molecule has 0 N–H and O–H groups in total. The van der Waals surface area contributed by atoms with Crippen molar-refractivity contribution in [3.63, 3.8) is 0 Å². The lowest BCUT2D eigenvalue weighted by Crippen LogP contribution is -2.06. The van der Waals surface area contributed by atoms with Crippen molar-refractivity contribution in [1.29, 1.82) is 0 Å². The van der Waals surface area contributed by atoms with E-state index in [9.17, 15) is 17.6 Å². The predicted octanol–water partition coefficient (Wildman–Crippen LogP) is 5.77. The number of thioether (sulfide) groups is 1. The highest BCUT2D eigenvalue weighted by atomic mass is 32.2. The van der Waals surface area contributed by atoms with Gasteiger partial charge in [-0.1, -0.05) is 24.3 Å². The van der Waals surface area contributed by atoms with E-state index >= 15 is 0 Å². The maximum absolute atomic E-state index is 13.9. The minimum atomic E-state index is -4.53. The first kappa shape index (κ1) is 18.5. The van der Waals surface area contributed by atoms with Crippen molar-refractivity contribution in [3.8, 4) is 0 Å². The van der Waals surface area contributed by atoms with Crippen LogP contribution in [0.1, 0.15) is 23.1 Å². The maximum atomic E-state index is 13.9. The van der Waals surface area contributed by atoms with Gasteiger partial charge in [0, 0.05) is 17.2 Å².